The Morgan fingerprint density at radius 3 is 2.21 bits per heavy atom. The summed E-state index contributed by atoms with van der Waals surface area (Å²) in [5.41, 5.74) is 0. The number of hydrogen-bond donors (Lipinski definition) is 1. The minimum atomic E-state index is -2.25. The molecule has 0 aromatic carbocycles. The molecule has 0 radical (unpaired) electrons. The smallest absolute Gasteiger partial charge is 0.251 e. The number of rotatable bonds is 7. The van der Waals surface area contributed by atoms with Crippen molar-refractivity contribution in [2.45, 2.75) is 45.7 Å². The average molecular weight is 208 g/mol. The minimum absolute atomic E-state index is 0.147. The van der Waals surface area contributed by atoms with E-state index in [1.54, 1.807) is 11.9 Å². The van der Waals surface area contributed by atoms with Gasteiger partial charge in [0.25, 0.3) is 6.43 Å². The van der Waals surface area contributed by atoms with E-state index in [9.17, 15) is 8.78 Å². The Balaban J connectivity index is 4.04. The quantitative estimate of drug-likeness (QED) is 0.688. The lowest BCUT2D eigenvalue weighted by Crippen LogP contribution is -2.47. The summed E-state index contributed by atoms with van der Waals surface area (Å²) in [5.74, 6) is 0. The molecular weight excluding hydrogens is 186 g/mol. The van der Waals surface area contributed by atoms with Crippen molar-refractivity contribution in [2.75, 3.05) is 20.1 Å². The molecule has 0 aromatic rings. The number of nitrogens with one attached hydrogen (secondary N) is 1. The second-order valence-electron chi connectivity index (χ2n) is 3.64. The fourth-order valence-corrected chi connectivity index (χ4v) is 1.61. The van der Waals surface area contributed by atoms with Gasteiger partial charge in [-0.3, -0.25) is 4.90 Å². The van der Waals surface area contributed by atoms with E-state index in [0.29, 0.717) is 6.04 Å². The van der Waals surface area contributed by atoms with Gasteiger partial charge in [-0.25, -0.2) is 8.78 Å². The van der Waals surface area contributed by atoms with Crippen LogP contribution < -0.4 is 5.32 Å². The molecule has 0 aromatic heterocycles. The second-order valence-corrected chi connectivity index (χ2v) is 3.64. The topological polar surface area (TPSA) is 15.3 Å². The van der Waals surface area contributed by atoms with Crippen LogP contribution in [0, 0.1) is 0 Å². The molecule has 0 amide bonds. The Morgan fingerprint density at radius 2 is 1.86 bits per heavy atom. The van der Waals surface area contributed by atoms with Gasteiger partial charge < -0.3 is 5.32 Å². The van der Waals surface area contributed by atoms with Crippen LogP contribution in [0.1, 0.15) is 27.2 Å². The molecular formula is C10H22F2N2. The largest absolute Gasteiger partial charge is 0.313 e. The summed E-state index contributed by atoms with van der Waals surface area (Å²) in [6.45, 7) is 6.82. The number of alkyl halides is 2. The molecule has 2 unspecified atom stereocenters. The first-order chi connectivity index (χ1) is 6.52. The summed E-state index contributed by atoms with van der Waals surface area (Å²) < 4.78 is 24.3. The van der Waals surface area contributed by atoms with Gasteiger partial charge >= 0.3 is 0 Å². The summed E-state index contributed by atoms with van der Waals surface area (Å²) in [6.07, 6.45) is -1.29. The Morgan fingerprint density at radius 1 is 1.29 bits per heavy atom. The highest BCUT2D eigenvalue weighted by Crippen LogP contribution is 2.07. The van der Waals surface area contributed by atoms with E-state index in [-0.39, 0.29) is 12.6 Å². The summed E-state index contributed by atoms with van der Waals surface area (Å²) in [7, 11) is 1.75. The monoisotopic (exact) mass is 208 g/mol. The standard InChI is InChI=1S/C10H22F2N2/c1-5-9(13-6-2)8(3)14(4)7-10(11)12/h8-10,13H,5-7H2,1-4H3. The van der Waals surface area contributed by atoms with Crippen LogP contribution >= 0.6 is 0 Å². The molecule has 1 N–H and O–H groups in total. The highest BCUT2D eigenvalue weighted by Gasteiger charge is 2.20. The third-order valence-electron chi connectivity index (χ3n) is 2.61. The third-order valence-corrected chi connectivity index (χ3v) is 2.61. The molecule has 2 atom stereocenters. The van der Waals surface area contributed by atoms with E-state index < -0.39 is 6.43 Å². The van der Waals surface area contributed by atoms with Crippen molar-refractivity contribution in [1.82, 2.24) is 10.2 Å². The molecule has 4 heteroatoms. The van der Waals surface area contributed by atoms with Crippen LogP contribution in [0.4, 0.5) is 8.78 Å². The normalized spacial score (nSPS) is 16.3. The van der Waals surface area contributed by atoms with Crippen molar-refractivity contribution >= 4 is 0 Å². The Labute approximate surface area is 85.7 Å². The Hall–Kier alpha value is -0.220. The predicted molar refractivity (Wildman–Crippen MR) is 55.9 cm³/mol. The van der Waals surface area contributed by atoms with E-state index >= 15 is 0 Å². The van der Waals surface area contributed by atoms with Gasteiger partial charge in [-0.1, -0.05) is 13.8 Å². The zero-order valence-electron chi connectivity index (χ0n) is 9.56. The molecule has 0 fully saturated rings. The van der Waals surface area contributed by atoms with Crippen molar-refractivity contribution in [1.29, 1.82) is 0 Å². The van der Waals surface area contributed by atoms with Crippen molar-refractivity contribution in [3.8, 4) is 0 Å². The van der Waals surface area contributed by atoms with Crippen LogP contribution in [-0.4, -0.2) is 43.5 Å². The maximum atomic E-state index is 12.1. The Bertz CT molecular complexity index is 142. The summed E-state index contributed by atoms with van der Waals surface area (Å²) in [6, 6.07) is 0.442. The fourth-order valence-electron chi connectivity index (χ4n) is 1.61. The molecule has 14 heavy (non-hydrogen) atoms. The maximum absolute atomic E-state index is 12.1. The van der Waals surface area contributed by atoms with Crippen LogP contribution in [0.2, 0.25) is 0 Å². The van der Waals surface area contributed by atoms with Gasteiger partial charge in [-0.05, 0) is 26.9 Å². The van der Waals surface area contributed by atoms with Crippen LogP contribution in [-0.2, 0) is 0 Å². The molecule has 0 aliphatic rings. The van der Waals surface area contributed by atoms with Gasteiger partial charge in [0.15, 0.2) is 0 Å². The lowest BCUT2D eigenvalue weighted by Gasteiger charge is -2.31. The lowest BCUT2D eigenvalue weighted by molar-refractivity contribution is 0.0746. The van der Waals surface area contributed by atoms with Gasteiger partial charge in [-0.2, -0.15) is 0 Å². The minimum Gasteiger partial charge on any atom is -0.313 e. The molecule has 0 saturated carbocycles. The Kier molecular flexibility index (Phi) is 7.01. The molecule has 0 aliphatic carbocycles. The van der Waals surface area contributed by atoms with Gasteiger partial charge in [0, 0.05) is 12.1 Å². The zero-order chi connectivity index (χ0) is 11.1. The summed E-state index contributed by atoms with van der Waals surface area (Å²) in [4.78, 5) is 1.71. The summed E-state index contributed by atoms with van der Waals surface area (Å²) >= 11 is 0. The third kappa shape index (κ3) is 4.86. The predicted octanol–water partition coefficient (Wildman–Crippen LogP) is 1.96. The zero-order valence-corrected chi connectivity index (χ0v) is 9.56. The molecule has 0 heterocycles. The van der Waals surface area contributed by atoms with Crippen LogP contribution in [0.5, 0.6) is 0 Å². The number of likely N-dealkylation sites (N-methyl/N-ethyl adjacent to an activating group) is 2. The van der Waals surface area contributed by atoms with Crippen molar-refractivity contribution in [2.24, 2.45) is 0 Å². The van der Waals surface area contributed by atoms with Crippen molar-refractivity contribution < 1.29 is 8.78 Å². The average Bonchev–Trinajstić information content (AvgIpc) is 2.12. The van der Waals surface area contributed by atoms with E-state index in [0.717, 1.165) is 13.0 Å². The van der Waals surface area contributed by atoms with E-state index in [1.165, 1.54) is 0 Å². The van der Waals surface area contributed by atoms with E-state index in [4.69, 9.17) is 0 Å². The number of hydrogen-bond acceptors (Lipinski definition) is 2. The second kappa shape index (κ2) is 7.12. The molecule has 0 aliphatic heterocycles. The first-order valence-electron chi connectivity index (χ1n) is 5.24. The van der Waals surface area contributed by atoms with E-state index in [2.05, 4.69) is 12.2 Å². The fraction of sp³-hybridized carbons (Fsp3) is 1.00. The summed E-state index contributed by atoms with van der Waals surface area (Å²) in [5, 5.41) is 3.30. The molecule has 0 saturated heterocycles. The maximum Gasteiger partial charge on any atom is 0.251 e. The van der Waals surface area contributed by atoms with Gasteiger partial charge in [0.05, 0.1) is 6.54 Å². The van der Waals surface area contributed by atoms with Crippen LogP contribution in [0.25, 0.3) is 0 Å². The van der Waals surface area contributed by atoms with E-state index in [1.807, 2.05) is 13.8 Å². The molecule has 0 spiro atoms. The van der Waals surface area contributed by atoms with Gasteiger partial charge in [0.2, 0.25) is 0 Å². The highest BCUT2D eigenvalue weighted by atomic mass is 19.3. The molecule has 86 valence electrons. The molecule has 2 nitrogen and oxygen atoms in total. The number of halogens is 2. The highest BCUT2D eigenvalue weighted by molar-refractivity contribution is 4.78. The molecule has 0 bridgehead atoms. The van der Waals surface area contributed by atoms with Crippen molar-refractivity contribution in [3.63, 3.8) is 0 Å². The lowest BCUT2D eigenvalue weighted by atomic mass is 10.1. The van der Waals surface area contributed by atoms with Crippen LogP contribution in [0.15, 0.2) is 0 Å². The first-order valence-corrected chi connectivity index (χ1v) is 5.24. The van der Waals surface area contributed by atoms with Gasteiger partial charge in [0.1, 0.15) is 0 Å². The van der Waals surface area contributed by atoms with Crippen molar-refractivity contribution in [3.05, 3.63) is 0 Å². The first kappa shape index (κ1) is 13.8. The molecule has 0 rings (SSSR count). The van der Waals surface area contributed by atoms with Crippen LogP contribution in [0.3, 0.4) is 0 Å². The van der Waals surface area contributed by atoms with Gasteiger partial charge in [-0.15, -0.1) is 0 Å². The SMILES string of the molecule is CCNC(CC)C(C)N(C)CC(F)F. The number of nitrogens with zero attached hydrogens (tertiary/aromatic N) is 1.